The molecule has 6 heteroatoms. The van der Waals surface area contributed by atoms with Crippen LogP contribution < -0.4 is 25.9 Å². The molecule has 1 aromatic heterocycles. The van der Waals surface area contributed by atoms with E-state index in [0.717, 1.165) is 56.1 Å². The zero-order valence-corrected chi connectivity index (χ0v) is 17.1. The highest BCUT2D eigenvalue weighted by Gasteiger charge is 2.40. The van der Waals surface area contributed by atoms with Crippen molar-refractivity contribution in [3.63, 3.8) is 0 Å². The molecule has 0 saturated heterocycles. The Balaban J connectivity index is 1.42. The van der Waals surface area contributed by atoms with Crippen LogP contribution in [-0.4, -0.2) is 30.7 Å². The van der Waals surface area contributed by atoms with Crippen LogP contribution in [0.3, 0.4) is 0 Å². The first kappa shape index (κ1) is 17.6. The molecule has 152 valence electrons. The van der Waals surface area contributed by atoms with E-state index in [2.05, 4.69) is 52.4 Å². The van der Waals surface area contributed by atoms with E-state index in [1.165, 1.54) is 0 Å². The quantitative estimate of drug-likeness (QED) is 0.407. The Kier molecular flexibility index (Phi) is 3.70. The van der Waals surface area contributed by atoms with Gasteiger partial charge in [0.25, 0.3) is 6.71 Å². The van der Waals surface area contributed by atoms with Gasteiger partial charge in [-0.2, -0.15) is 0 Å². The summed E-state index contributed by atoms with van der Waals surface area (Å²) in [4.78, 5) is 8.85. The van der Waals surface area contributed by atoms with E-state index in [9.17, 15) is 0 Å². The molecule has 0 bridgehead atoms. The summed E-state index contributed by atoms with van der Waals surface area (Å²) in [5, 5.41) is 0. The Bertz CT molecular complexity index is 1360. The van der Waals surface area contributed by atoms with Crippen molar-refractivity contribution in [2.45, 2.75) is 0 Å². The first-order valence-corrected chi connectivity index (χ1v) is 10.7. The Morgan fingerprint density at radius 2 is 1.34 bits per heavy atom. The molecule has 0 fully saturated rings. The fraction of sp³-hybridized carbons (Fsp3) is 0.0769. The lowest BCUT2D eigenvalue weighted by Crippen LogP contribution is -2.57. The third kappa shape index (κ3) is 2.59. The number of para-hydroxylation sites is 2. The van der Waals surface area contributed by atoms with E-state index in [-0.39, 0.29) is 6.71 Å². The van der Waals surface area contributed by atoms with E-state index < -0.39 is 0 Å². The monoisotopic (exact) mass is 416 g/mol. The van der Waals surface area contributed by atoms with Crippen molar-refractivity contribution in [1.82, 2.24) is 4.98 Å². The first-order valence-electron chi connectivity index (χ1n) is 10.7. The lowest BCUT2D eigenvalue weighted by molar-refractivity contribution is 0.348. The molecule has 4 aromatic rings. The van der Waals surface area contributed by atoms with E-state index in [1.807, 2.05) is 30.5 Å². The van der Waals surface area contributed by atoms with Gasteiger partial charge in [-0.3, -0.25) is 4.98 Å². The predicted molar refractivity (Wildman–Crippen MR) is 125 cm³/mol. The molecule has 4 heterocycles. The van der Waals surface area contributed by atoms with Gasteiger partial charge in [0.05, 0.1) is 12.1 Å². The Hall–Kier alpha value is -4.06. The number of benzene rings is 3. The number of ether oxygens (including phenoxy) is 3. The number of hydrogen-bond donors (Lipinski definition) is 0. The van der Waals surface area contributed by atoms with Crippen molar-refractivity contribution in [2.24, 2.45) is 4.99 Å². The number of pyridine rings is 1. The molecule has 3 aliphatic rings. The lowest BCUT2D eigenvalue weighted by atomic mass is 9.35. The van der Waals surface area contributed by atoms with Gasteiger partial charge < -0.3 is 14.2 Å². The molecule has 32 heavy (non-hydrogen) atoms. The summed E-state index contributed by atoms with van der Waals surface area (Å²) < 4.78 is 18.4. The third-order valence-electron chi connectivity index (χ3n) is 6.20. The highest BCUT2D eigenvalue weighted by molar-refractivity contribution is 6.98. The maximum atomic E-state index is 6.38. The van der Waals surface area contributed by atoms with Gasteiger partial charge in [-0.15, -0.1) is 0 Å². The van der Waals surface area contributed by atoms with Gasteiger partial charge in [0.2, 0.25) is 5.90 Å². The predicted octanol–water partition coefficient (Wildman–Crippen LogP) is 3.25. The van der Waals surface area contributed by atoms with Gasteiger partial charge in [-0.25, -0.2) is 4.99 Å². The minimum atomic E-state index is 0.0784. The molecular weight excluding hydrogens is 399 g/mol. The molecular formula is C26H17BN2O3. The molecule has 7 rings (SSSR count). The summed E-state index contributed by atoms with van der Waals surface area (Å²) in [6.45, 7) is 1.38. The highest BCUT2D eigenvalue weighted by Crippen LogP contribution is 2.38. The van der Waals surface area contributed by atoms with Gasteiger partial charge in [0, 0.05) is 23.4 Å². The van der Waals surface area contributed by atoms with Crippen LogP contribution >= 0.6 is 0 Å². The molecule has 5 nitrogen and oxygen atoms in total. The van der Waals surface area contributed by atoms with E-state index in [1.54, 1.807) is 6.20 Å². The van der Waals surface area contributed by atoms with Crippen molar-refractivity contribution >= 4 is 29.0 Å². The average molecular weight is 416 g/mol. The molecule has 0 radical (unpaired) electrons. The second kappa shape index (κ2) is 6.72. The Morgan fingerprint density at radius 3 is 2.00 bits per heavy atom. The number of hydrogen-bond acceptors (Lipinski definition) is 5. The molecule has 0 unspecified atom stereocenters. The minimum absolute atomic E-state index is 0.0784. The SMILES string of the molecule is c1ccc2c(c1)Oc1cc(-c3cncc(C4=NCCO4)c3)cc3c1B2c1ccccc1O3. The average Bonchev–Trinajstić information content (AvgIpc) is 3.39. The zero-order valence-electron chi connectivity index (χ0n) is 17.1. The van der Waals surface area contributed by atoms with Crippen molar-refractivity contribution in [3.05, 3.63) is 84.7 Å². The summed E-state index contributed by atoms with van der Waals surface area (Å²) in [6, 6.07) is 22.7. The van der Waals surface area contributed by atoms with Crippen LogP contribution in [0.5, 0.6) is 23.0 Å². The standard InChI is InChI=1S/C26H17BN2O3/c1-3-7-21-19(5-1)27-20-6-2-4-8-22(20)32-24-13-16(12-23(31-21)25(24)27)17-11-18(15-28-14-17)26-29-9-10-30-26/h1-8,11-15H,9-10H2. The second-order valence-corrected chi connectivity index (χ2v) is 8.10. The van der Waals surface area contributed by atoms with Crippen molar-refractivity contribution in [2.75, 3.05) is 13.2 Å². The summed E-state index contributed by atoms with van der Waals surface area (Å²) in [7, 11) is 0. The molecule has 0 atom stereocenters. The molecule has 3 aliphatic heterocycles. The maximum Gasteiger partial charge on any atom is 0.260 e. The van der Waals surface area contributed by atoms with Crippen LogP contribution in [0.2, 0.25) is 0 Å². The topological polar surface area (TPSA) is 52.9 Å². The van der Waals surface area contributed by atoms with E-state index in [4.69, 9.17) is 14.2 Å². The van der Waals surface area contributed by atoms with E-state index >= 15 is 0 Å². The normalized spacial score (nSPS) is 14.9. The smallest absolute Gasteiger partial charge is 0.260 e. The Morgan fingerprint density at radius 1 is 0.688 bits per heavy atom. The van der Waals surface area contributed by atoms with Crippen LogP contribution in [0.1, 0.15) is 5.56 Å². The van der Waals surface area contributed by atoms with Gasteiger partial charge in [-0.1, -0.05) is 36.4 Å². The minimum Gasteiger partial charge on any atom is -0.475 e. The summed E-state index contributed by atoms with van der Waals surface area (Å²) in [5.74, 6) is 4.04. The van der Waals surface area contributed by atoms with Gasteiger partial charge in [-0.05, 0) is 46.8 Å². The Labute approximate surface area is 185 Å². The first-order chi connectivity index (χ1) is 15.8. The van der Waals surface area contributed by atoms with Crippen LogP contribution in [-0.2, 0) is 4.74 Å². The molecule has 0 saturated carbocycles. The van der Waals surface area contributed by atoms with Gasteiger partial charge in [0.1, 0.15) is 29.6 Å². The summed E-state index contributed by atoms with van der Waals surface area (Å²) >= 11 is 0. The van der Waals surface area contributed by atoms with Crippen LogP contribution in [0.4, 0.5) is 0 Å². The highest BCUT2D eigenvalue weighted by atomic mass is 16.5. The van der Waals surface area contributed by atoms with Crippen molar-refractivity contribution < 1.29 is 14.2 Å². The lowest BCUT2D eigenvalue weighted by Gasteiger charge is -2.33. The molecule has 0 aliphatic carbocycles. The largest absolute Gasteiger partial charge is 0.475 e. The number of rotatable bonds is 2. The van der Waals surface area contributed by atoms with Crippen LogP contribution in [0, 0.1) is 0 Å². The summed E-state index contributed by atoms with van der Waals surface area (Å²) in [5.41, 5.74) is 6.19. The molecule has 0 amide bonds. The van der Waals surface area contributed by atoms with Gasteiger partial charge >= 0.3 is 0 Å². The van der Waals surface area contributed by atoms with Crippen molar-refractivity contribution in [3.8, 4) is 34.1 Å². The maximum absolute atomic E-state index is 6.38. The number of aliphatic imine (C=N–C) groups is 1. The van der Waals surface area contributed by atoms with Gasteiger partial charge in [0.15, 0.2) is 0 Å². The number of aromatic nitrogens is 1. The van der Waals surface area contributed by atoms with Crippen molar-refractivity contribution in [1.29, 1.82) is 0 Å². The fourth-order valence-corrected chi connectivity index (χ4v) is 4.79. The molecule has 0 N–H and O–H groups in total. The van der Waals surface area contributed by atoms with Crippen LogP contribution in [0.15, 0.2) is 84.1 Å². The molecule has 0 spiro atoms. The van der Waals surface area contributed by atoms with Crippen LogP contribution in [0.25, 0.3) is 11.1 Å². The summed E-state index contributed by atoms with van der Waals surface area (Å²) in [6.07, 6.45) is 3.63. The second-order valence-electron chi connectivity index (χ2n) is 8.10. The molecule has 3 aromatic carbocycles. The van der Waals surface area contributed by atoms with E-state index in [0.29, 0.717) is 19.0 Å². The third-order valence-corrected chi connectivity index (χ3v) is 6.20. The fourth-order valence-electron chi connectivity index (χ4n) is 4.79. The zero-order chi connectivity index (χ0) is 21.1. The number of nitrogens with zero attached hydrogens (tertiary/aromatic N) is 2. The number of fused-ring (bicyclic) bond motifs is 4.